The molecular weight excluding hydrogens is 258 g/mol. The van der Waals surface area contributed by atoms with Crippen molar-refractivity contribution in [2.75, 3.05) is 13.2 Å². The van der Waals surface area contributed by atoms with Gasteiger partial charge in [0.15, 0.2) is 0 Å². The highest BCUT2D eigenvalue weighted by Crippen LogP contribution is 2.29. The molecule has 2 nitrogen and oxygen atoms in total. The Bertz CT molecular complexity index is 441. The van der Waals surface area contributed by atoms with E-state index in [1.54, 1.807) is 0 Å². The third-order valence-electron chi connectivity index (χ3n) is 4.75. The zero-order valence-corrected chi connectivity index (χ0v) is 14.1. The van der Waals surface area contributed by atoms with Crippen LogP contribution in [-0.4, -0.2) is 19.2 Å². The minimum atomic E-state index is 0.556. The highest BCUT2D eigenvalue weighted by atomic mass is 16.5. The van der Waals surface area contributed by atoms with E-state index in [0.717, 1.165) is 24.8 Å². The molecule has 0 saturated heterocycles. The summed E-state index contributed by atoms with van der Waals surface area (Å²) in [6, 6.07) is 7.32. The number of ether oxygens (including phenoxy) is 1. The lowest BCUT2D eigenvalue weighted by Gasteiger charge is -2.21. The summed E-state index contributed by atoms with van der Waals surface area (Å²) in [4.78, 5) is 0. The Morgan fingerprint density at radius 2 is 2.10 bits per heavy atom. The topological polar surface area (TPSA) is 21.3 Å². The normalized spacial score (nSPS) is 22.0. The Balaban J connectivity index is 1.87. The van der Waals surface area contributed by atoms with Crippen molar-refractivity contribution in [3.05, 3.63) is 29.3 Å². The molecule has 2 rings (SSSR count). The summed E-state index contributed by atoms with van der Waals surface area (Å²) in [6.07, 6.45) is 5.22. The van der Waals surface area contributed by atoms with E-state index in [0.29, 0.717) is 12.0 Å². The number of rotatable bonds is 7. The van der Waals surface area contributed by atoms with Gasteiger partial charge in [-0.2, -0.15) is 0 Å². The van der Waals surface area contributed by atoms with Gasteiger partial charge in [0.25, 0.3) is 0 Å². The Morgan fingerprint density at radius 1 is 1.29 bits per heavy atom. The molecule has 21 heavy (non-hydrogen) atoms. The maximum atomic E-state index is 6.09. The molecule has 0 aromatic heterocycles. The lowest BCUT2D eigenvalue weighted by molar-refractivity contribution is 0.259. The zero-order valence-electron chi connectivity index (χ0n) is 14.1. The van der Waals surface area contributed by atoms with Crippen molar-refractivity contribution in [3.8, 4) is 5.75 Å². The van der Waals surface area contributed by atoms with Gasteiger partial charge in [0, 0.05) is 6.04 Å². The third-order valence-corrected chi connectivity index (χ3v) is 4.75. The first-order valence-corrected chi connectivity index (χ1v) is 8.58. The molecule has 1 aliphatic rings. The molecule has 1 aliphatic carbocycles. The lowest BCUT2D eigenvalue weighted by atomic mass is 10.00. The Morgan fingerprint density at radius 3 is 2.81 bits per heavy atom. The van der Waals surface area contributed by atoms with Crippen LogP contribution in [0.5, 0.6) is 5.75 Å². The average molecular weight is 289 g/mol. The standard InChI is InChI=1S/C19H31NO/c1-5-20-18-8-6-7-16(18)11-12-21-19-13-17(14(2)3)10-9-15(19)4/h9-10,13-14,16,18,20H,5-8,11-12H2,1-4H3. The van der Waals surface area contributed by atoms with Crippen molar-refractivity contribution in [1.82, 2.24) is 5.32 Å². The largest absolute Gasteiger partial charge is 0.493 e. The summed E-state index contributed by atoms with van der Waals surface area (Å²) in [5.41, 5.74) is 2.61. The Labute approximate surface area is 130 Å². The van der Waals surface area contributed by atoms with E-state index < -0.39 is 0 Å². The van der Waals surface area contributed by atoms with Crippen LogP contribution in [0.2, 0.25) is 0 Å². The maximum Gasteiger partial charge on any atom is 0.122 e. The molecule has 2 unspecified atom stereocenters. The van der Waals surface area contributed by atoms with E-state index in [1.165, 1.54) is 36.8 Å². The molecule has 1 aromatic rings. The molecule has 2 heteroatoms. The summed E-state index contributed by atoms with van der Waals surface area (Å²) in [7, 11) is 0. The quantitative estimate of drug-likeness (QED) is 0.788. The van der Waals surface area contributed by atoms with Crippen LogP contribution in [0.15, 0.2) is 18.2 Å². The zero-order chi connectivity index (χ0) is 15.2. The molecule has 0 aliphatic heterocycles. The molecule has 1 saturated carbocycles. The Hall–Kier alpha value is -1.02. The van der Waals surface area contributed by atoms with E-state index in [4.69, 9.17) is 4.74 Å². The van der Waals surface area contributed by atoms with Gasteiger partial charge in [-0.3, -0.25) is 0 Å². The monoisotopic (exact) mass is 289 g/mol. The number of benzene rings is 1. The second-order valence-electron chi connectivity index (χ2n) is 6.67. The van der Waals surface area contributed by atoms with Gasteiger partial charge in [-0.05, 0) is 61.8 Å². The van der Waals surface area contributed by atoms with Gasteiger partial charge in [-0.25, -0.2) is 0 Å². The van der Waals surface area contributed by atoms with Crippen LogP contribution in [-0.2, 0) is 0 Å². The van der Waals surface area contributed by atoms with Crippen LogP contribution in [0.25, 0.3) is 0 Å². The van der Waals surface area contributed by atoms with Crippen LogP contribution in [0.4, 0.5) is 0 Å². The van der Waals surface area contributed by atoms with E-state index in [9.17, 15) is 0 Å². The van der Waals surface area contributed by atoms with E-state index in [-0.39, 0.29) is 0 Å². The molecule has 0 heterocycles. The van der Waals surface area contributed by atoms with Gasteiger partial charge in [-0.1, -0.05) is 39.3 Å². The number of aryl methyl sites for hydroxylation is 1. The van der Waals surface area contributed by atoms with Crippen LogP contribution in [0.1, 0.15) is 63.5 Å². The summed E-state index contributed by atoms with van der Waals surface area (Å²) in [5, 5.41) is 3.62. The molecule has 1 fully saturated rings. The fraction of sp³-hybridized carbons (Fsp3) is 0.684. The number of hydrogen-bond donors (Lipinski definition) is 1. The smallest absolute Gasteiger partial charge is 0.122 e. The molecular formula is C19H31NO. The second-order valence-corrected chi connectivity index (χ2v) is 6.67. The molecule has 1 N–H and O–H groups in total. The highest BCUT2D eigenvalue weighted by Gasteiger charge is 2.26. The summed E-state index contributed by atoms with van der Waals surface area (Å²) >= 11 is 0. The first kappa shape index (κ1) is 16.4. The first-order chi connectivity index (χ1) is 10.1. The van der Waals surface area contributed by atoms with E-state index in [1.807, 2.05) is 0 Å². The van der Waals surface area contributed by atoms with E-state index >= 15 is 0 Å². The van der Waals surface area contributed by atoms with Gasteiger partial charge in [0.1, 0.15) is 5.75 Å². The van der Waals surface area contributed by atoms with Crippen LogP contribution in [0, 0.1) is 12.8 Å². The number of hydrogen-bond acceptors (Lipinski definition) is 2. The van der Waals surface area contributed by atoms with Crippen molar-refractivity contribution < 1.29 is 4.74 Å². The number of nitrogens with one attached hydrogen (secondary N) is 1. The fourth-order valence-electron chi connectivity index (χ4n) is 3.36. The molecule has 1 aromatic carbocycles. The van der Waals surface area contributed by atoms with E-state index in [2.05, 4.69) is 51.2 Å². The van der Waals surface area contributed by atoms with Gasteiger partial charge >= 0.3 is 0 Å². The van der Waals surface area contributed by atoms with Gasteiger partial charge in [0.2, 0.25) is 0 Å². The third kappa shape index (κ3) is 4.47. The molecule has 0 spiro atoms. The fourth-order valence-corrected chi connectivity index (χ4v) is 3.36. The first-order valence-electron chi connectivity index (χ1n) is 8.58. The minimum absolute atomic E-state index is 0.556. The SMILES string of the molecule is CCNC1CCCC1CCOc1cc(C(C)C)ccc1C. The average Bonchev–Trinajstić information content (AvgIpc) is 2.88. The maximum absolute atomic E-state index is 6.09. The summed E-state index contributed by atoms with van der Waals surface area (Å²) < 4.78 is 6.09. The molecule has 0 radical (unpaired) electrons. The van der Waals surface area contributed by atoms with Gasteiger partial charge in [0.05, 0.1) is 6.61 Å². The van der Waals surface area contributed by atoms with Crippen LogP contribution >= 0.6 is 0 Å². The minimum Gasteiger partial charge on any atom is -0.493 e. The lowest BCUT2D eigenvalue weighted by Crippen LogP contribution is -2.32. The second kappa shape index (κ2) is 7.84. The molecule has 118 valence electrons. The Kier molecular flexibility index (Phi) is 6.10. The van der Waals surface area contributed by atoms with Gasteiger partial charge in [-0.15, -0.1) is 0 Å². The van der Waals surface area contributed by atoms with Crippen molar-refractivity contribution in [2.45, 2.75) is 65.3 Å². The van der Waals surface area contributed by atoms with Crippen molar-refractivity contribution in [2.24, 2.45) is 5.92 Å². The van der Waals surface area contributed by atoms with Crippen LogP contribution in [0.3, 0.4) is 0 Å². The van der Waals surface area contributed by atoms with Gasteiger partial charge < -0.3 is 10.1 Å². The highest BCUT2D eigenvalue weighted by molar-refractivity contribution is 5.37. The van der Waals surface area contributed by atoms with Crippen molar-refractivity contribution in [1.29, 1.82) is 0 Å². The summed E-state index contributed by atoms with van der Waals surface area (Å²) in [6.45, 7) is 10.7. The van der Waals surface area contributed by atoms with Crippen LogP contribution < -0.4 is 10.1 Å². The molecule has 2 atom stereocenters. The predicted octanol–water partition coefficient (Wildman–Crippen LogP) is 4.67. The summed E-state index contributed by atoms with van der Waals surface area (Å²) in [5.74, 6) is 2.42. The predicted molar refractivity (Wildman–Crippen MR) is 90.2 cm³/mol. The molecule has 0 amide bonds. The van der Waals surface area contributed by atoms with Crippen molar-refractivity contribution >= 4 is 0 Å². The molecule has 0 bridgehead atoms. The van der Waals surface area contributed by atoms with Crippen molar-refractivity contribution in [3.63, 3.8) is 0 Å².